The average molecular weight is 330 g/mol. The van der Waals surface area contributed by atoms with Crippen molar-refractivity contribution in [3.05, 3.63) is 18.2 Å². The maximum atomic E-state index is 12.5. The molecule has 0 saturated carbocycles. The summed E-state index contributed by atoms with van der Waals surface area (Å²) in [5.41, 5.74) is 0. The molecule has 3 N–H and O–H groups in total. The van der Waals surface area contributed by atoms with Crippen LogP contribution in [0.5, 0.6) is 11.5 Å². The Bertz CT molecular complexity index is 605. The van der Waals surface area contributed by atoms with E-state index in [-0.39, 0.29) is 23.1 Å². The Morgan fingerprint density at radius 2 is 2.14 bits per heavy atom. The number of sulfonamides is 1. The van der Waals surface area contributed by atoms with Crippen molar-refractivity contribution in [3.8, 4) is 11.5 Å². The topological polar surface area (TPSA) is 96.9 Å². The third kappa shape index (κ3) is 3.89. The smallest absolute Gasteiger partial charge is 0.244 e. The summed E-state index contributed by atoms with van der Waals surface area (Å²) in [5, 5.41) is 12.9. The van der Waals surface area contributed by atoms with E-state index in [9.17, 15) is 13.5 Å². The standard InChI is InChI=1S/C14H22N2O5S/c1-20-11-3-4-13(21-2)14(7-11)22(18,19)16-8-10-5-6-15-9-12(10)17/h3-4,7,10,12,15-17H,5-6,8-9H2,1-2H3/t10-,12+/m0/s1. The van der Waals surface area contributed by atoms with E-state index in [0.717, 1.165) is 13.0 Å². The third-order valence-corrected chi connectivity index (χ3v) is 5.23. The second kappa shape index (κ2) is 7.28. The molecule has 0 aromatic heterocycles. The van der Waals surface area contributed by atoms with Crippen LogP contribution in [-0.2, 0) is 10.0 Å². The van der Waals surface area contributed by atoms with E-state index < -0.39 is 16.1 Å². The van der Waals surface area contributed by atoms with Gasteiger partial charge in [0.15, 0.2) is 0 Å². The van der Waals surface area contributed by atoms with Gasteiger partial charge in [0, 0.05) is 25.1 Å². The summed E-state index contributed by atoms with van der Waals surface area (Å²) < 4.78 is 37.7. The number of aliphatic hydroxyl groups excluding tert-OH is 1. The van der Waals surface area contributed by atoms with Gasteiger partial charge in [0.2, 0.25) is 10.0 Å². The van der Waals surface area contributed by atoms with Gasteiger partial charge in [-0.3, -0.25) is 0 Å². The molecular formula is C14H22N2O5S. The first kappa shape index (κ1) is 17.0. The van der Waals surface area contributed by atoms with Crippen LogP contribution < -0.4 is 19.5 Å². The van der Waals surface area contributed by atoms with E-state index in [0.29, 0.717) is 12.3 Å². The zero-order chi connectivity index (χ0) is 16.2. The fourth-order valence-electron chi connectivity index (χ4n) is 2.42. The summed E-state index contributed by atoms with van der Waals surface area (Å²) in [6, 6.07) is 4.60. The minimum absolute atomic E-state index is 0.0257. The molecule has 1 aromatic rings. The summed E-state index contributed by atoms with van der Waals surface area (Å²) in [6.07, 6.45) is 0.169. The van der Waals surface area contributed by atoms with Crippen LogP contribution >= 0.6 is 0 Å². The van der Waals surface area contributed by atoms with Gasteiger partial charge in [-0.15, -0.1) is 0 Å². The number of rotatable bonds is 6. The summed E-state index contributed by atoms with van der Waals surface area (Å²) in [4.78, 5) is 0.0257. The molecule has 22 heavy (non-hydrogen) atoms. The zero-order valence-corrected chi connectivity index (χ0v) is 13.5. The molecule has 8 heteroatoms. The highest BCUT2D eigenvalue weighted by atomic mass is 32.2. The van der Waals surface area contributed by atoms with Gasteiger partial charge in [-0.2, -0.15) is 0 Å². The van der Waals surface area contributed by atoms with Crippen LogP contribution in [0.1, 0.15) is 6.42 Å². The Labute approximate surface area is 130 Å². The van der Waals surface area contributed by atoms with Crippen LogP contribution in [0.4, 0.5) is 0 Å². The van der Waals surface area contributed by atoms with Crippen LogP contribution in [-0.4, -0.2) is 53.5 Å². The predicted molar refractivity (Wildman–Crippen MR) is 81.7 cm³/mol. The summed E-state index contributed by atoms with van der Waals surface area (Å²) in [7, 11) is -0.862. The third-order valence-electron chi connectivity index (χ3n) is 3.79. The van der Waals surface area contributed by atoms with Gasteiger partial charge in [0.1, 0.15) is 16.4 Å². The highest BCUT2D eigenvalue weighted by molar-refractivity contribution is 7.89. The molecule has 1 aliphatic heterocycles. The molecule has 2 atom stereocenters. The molecule has 1 aliphatic rings. The number of methoxy groups -OCH3 is 2. The Kier molecular flexibility index (Phi) is 5.63. The lowest BCUT2D eigenvalue weighted by atomic mass is 9.96. The van der Waals surface area contributed by atoms with Crippen LogP contribution in [0.15, 0.2) is 23.1 Å². The van der Waals surface area contributed by atoms with Crippen molar-refractivity contribution < 1.29 is 23.0 Å². The Morgan fingerprint density at radius 3 is 2.77 bits per heavy atom. The summed E-state index contributed by atoms with van der Waals surface area (Å²) in [5.74, 6) is 0.579. The van der Waals surface area contributed by atoms with Gasteiger partial charge in [0.05, 0.1) is 20.3 Å². The number of ether oxygens (including phenoxy) is 2. The Morgan fingerprint density at radius 1 is 1.36 bits per heavy atom. The van der Waals surface area contributed by atoms with Gasteiger partial charge in [-0.25, -0.2) is 13.1 Å². The molecule has 0 spiro atoms. The van der Waals surface area contributed by atoms with Crippen molar-refractivity contribution in [3.63, 3.8) is 0 Å². The summed E-state index contributed by atoms with van der Waals surface area (Å²) >= 11 is 0. The van der Waals surface area contributed by atoms with E-state index in [4.69, 9.17) is 9.47 Å². The Hall–Kier alpha value is -1.35. The average Bonchev–Trinajstić information content (AvgIpc) is 2.53. The molecule has 1 aromatic carbocycles. The lowest BCUT2D eigenvalue weighted by Crippen LogP contribution is -2.45. The van der Waals surface area contributed by atoms with Gasteiger partial charge < -0.3 is 19.9 Å². The highest BCUT2D eigenvalue weighted by Crippen LogP contribution is 2.28. The first-order valence-corrected chi connectivity index (χ1v) is 8.56. The van der Waals surface area contributed by atoms with E-state index >= 15 is 0 Å². The lowest BCUT2D eigenvalue weighted by Gasteiger charge is -2.28. The molecule has 1 saturated heterocycles. The fourth-order valence-corrected chi connectivity index (χ4v) is 3.70. The first-order valence-electron chi connectivity index (χ1n) is 7.08. The predicted octanol–water partition coefficient (Wildman–Crippen LogP) is -0.0475. The van der Waals surface area contributed by atoms with Crippen LogP contribution in [0.3, 0.4) is 0 Å². The van der Waals surface area contributed by atoms with Crippen LogP contribution in [0.2, 0.25) is 0 Å². The van der Waals surface area contributed by atoms with Crippen molar-refractivity contribution in [2.24, 2.45) is 5.92 Å². The lowest BCUT2D eigenvalue weighted by molar-refractivity contribution is 0.0844. The second-order valence-corrected chi connectivity index (χ2v) is 6.92. The largest absolute Gasteiger partial charge is 0.497 e. The van der Waals surface area contributed by atoms with Gasteiger partial charge in [0.25, 0.3) is 0 Å². The number of hydrogen-bond acceptors (Lipinski definition) is 6. The second-order valence-electron chi connectivity index (χ2n) is 5.19. The fraction of sp³-hybridized carbons (Fsp3) is 0.571. The van der Waals surface area contributed by atoms with Crippen molar-refractivity contribution in [2.45, 2.75) is 17.4 Å². The molecule has 2 rings (SSSR count). The van der Waals surface area contributed by atoms with Crippen molar-refractivity contribution in [1.29, 1.82) is 0 Å². The first-order chi connectivity index (χ1) is 10.5. The SMILES string of the molecule is COc1ccc(OC)c(S(=O)(=O)NC[C@@H]2CCNC[C@H]2O)c1. The van der Waals surface area contributed by atoms with E-state index in [1.54, 1.807) is 12.1 Å². The van der Waals surface area contributed by atoms with E-state index in [1.807, 2.05) is 0 Å². The molecule has 0 aliphatic carbocycles. The molecule has 0 unspecified atom stereocenters. The van der Waals surface area contributed by atoms with Gasteiger partial charge in [-0.05, 0) is 25.1 Å². The molecular weight excluding hydrogens is 308 g/mol. The molecule has 124 valence electrons. The normalized spacial score (nSPS) is 22.3. The maximum absolute atomic E-state index is 12.5. The van der Waals surface area contributed by atoms with Gasteiger partial charge >= 0.3 is 0 Å². The number of hydrogen-bond donors (Lipinski definition) is 3. The number of aliphatic hydroxyl groups is 1. The highest BCUT2D eigenvalue weighted by Gasteiger charge is 2.26. The minimum atomic E-state index is -3.74. The molecule has 0 bridgehead atoms. The maximum Gasteiger partial charge on any atom is 0.244 e. The minimum Gasteiger partial charge on any atom is -0.497 e. The van der Waals surface area contributed by atoms with Crippen molar-refractivity contribution >= 4 is 10.0 Å². The van der Waals surface area contributed by atoms with Crippen molar-refractivity contribution in [1.82, 2.24) is 10.0 Å². The number of piperidine rings is 1. The summed E-state index contributed by atoms with van der Waals surface area (Å²) in [6.45, 7) is 1.44. The zero-order valence-electron chi connectivity index (χ0n) is 12.7. The molecule has 0 radical (unpaired) electrons. The number of nitrogens with one attached hydrogen (secondary N) is 2. The van der Waals surface area contributed by atoms with Crippen molar-refractivity contribution in [2.75, 3.05) is 33.9 Å². The Balaban J connectivity index is 2.15. The van der Waals surface area contributed by atoms with E-state index in [1.165, 1.54) is 20.3 Å². The van der Waals surface area contributed by atoms with Crippen LogP contribution in [0, 0.1) is 5.92 Å². The monoisotopic (exact) mass is 330 g/mol. The molecule has 1 heterocycles. The number of β-amino-alcohol motifs (C(OH)–C–C–N with tert-alkyl or cyclic N) is 1. The number of benzene rings is 1. The molecule has 7 nitrogen and oxygen atoms in total. The molecule has 0 amide bonds. The molecule has 1 fully saturated rings. The van der Waals surface area contributed by atoms with Gasteiger partial charge in [-0.1, -0.05) is 0 Å². The van der Waals surface area contributed by atoms with Crippen LogP contribution in [0.25, 0.3) is 0 Å². The quantitative estimate of drug-likeness (QED) is 0.677. The van der Waals surface area contributed by atoms with E-state index in [2.05, 4.69) is 10.0 Å².